The predicted octanol–water partition coefficient (Wildman–Crippen LogP) is 2.72. The average Bonchev–Trinajstić information content (AvgIpc) is 3.37. The molecule has 1 amide bonds. The summed E-state index contributed by atoms with van der Waals surface area (Å²) in [6, 6.07) is 4.17. The van der Waals surface area contributed by atoms with Gasteiger partial charge in [-0.2, -0.15) is 0 Å². The maximum Gasteiger partial charge on any atom is 0.273 e. The van der Waals surface area contributed by atoms with E-state index in [9.17, 15) is 13.6 Å². The van der Waals surface area contributed by atoms with Crippen LogP contribution >= 0.6 is 0 Å². The molecule has 8 heteroatoms. The number of benzene rings is 1. The maximum absolute atomic E-state index is 14.4. The molecule has 1 aliphatic carbocycles. The van der Waals surface area contributed by atoms with Crippen LogP contribution in [0.15, 0.2) is 24.4 Å². The molecule has 150 valence electrons. The van der Waals surface area contributed by atoms with E-state index in [0.29, 0.717) is 12.8 Å². The molecule has 6 nitrogen and oxygen atoms in total. The molecule has 0 radical (unpaired) electrons. The highest BCUT2D eigenvalue weighted by Crippen LogP contribution is 2.42. The number of hydrogen-bond acceptors (Lipinski definition) is 4. The predicted molar refractivity (Wildman–Crippen MR) is 100.0 cm³/mol. The van der Waals surface area contributed by atoms with Crippen molar-refractivity contribution in [3.63, 3.8) is 0 Å². The lowest BCUT2D eigenvalue weighted by molar-refractivity contribution is 0.0937. The summed E-state index contributed by atoms with van der Waals surface area (Å²) in [5.41, 5.74) is -0.386. The van der Waals surface area contributed by atoms with E-state index >= 15 is 0 Å². The molecule has 4 rings (SSSR count). The summed E-state index contributed by atoms with van der Waals surface area (Å²) in [5.74, 6) is -1.45. The standard InChI is InChI=1S/C20H25F2N5O/c21-15-4-3-5-16(22)18(15)20(8-1-2-9-20)13-24-19(28)17-12-27(26-25-17)14-6-10-23-11-7-14/h3-5,12,14,23H,1-2,6-11,13H2,(H,24,28). The Morgan fingerprint density at radius 3 is 2.57 bits per heavy atom. The zero-order chi connectivity index (χ0) is 19.6. The van der Waals surface area contributed by atoms with E-state index in [4.69, 9.17) is 0 Å². The van der Waals surface area contributed by atoms with Crippen LogP contribution in [-0.4, -0.2) is 40.5 Å². The summed E-state index contributed by atoms with van der Waals surface area (Å²) in [7, 11) is 0. The number of aromatic nitrogens is 3. The molecule has 1 saturated carbocycles. The van der Waals surface area contributed by atoms with Gasteiger partial charge in [0.2, 0.25) is 0 Å². The maximum atomic E-state index is 14.4. The molecule has 0 spiro atoms. The number of rotatable bonds is 5. The Morgan fingerprint density at radius 2 is 1.89 bits per heavy atom. The van der Waals surface area contributed by atoms with Gasteiger partial charge in [-0.25, -0.2) is 13.5 Å². The van der Waals surface area contributed by atoms with Crippen LogP contribution in [0.2, 0.25) is 0 Å². The molecule has 28 heavy (non-hydrogen) atoms. The Labute approximate surface area is 162 Å². The molecule has 0 unspecified atom stereocenters. The van der Waals surface area contributed by atoms with E-state index in [0.717, 1.165) is 38.8 Å². The van der Waals surface area contributed by atoms with Crippen LogP contribution in [0.3, 0.4) is 0 Å². The van der Waals surface area contributed by atoms with E-state index in [1.165, 1.54) is 18.2 Å². The minimum atomic E-state index is -0.712. The zero-order valence-electron chi connectivity index (χ0n) is 15.8. The Morgan fingerprint density at radius 1 is 1.21 bits per heavy atom. The lowest BCUT2D eigenvalue weighted by atomic mass is 9.78. The fourth-order valence-corrected chi connectivity index (χ4v) is 4.54. The minimum Gasteiger partial charge on any atom is -0.350 e. The van der Waals surface area contributed by atoms with Crippen molar-refractivity contribution in [2.75, 3.05) is 19.6 Å². The Hall–Kier alpha value is -2.35. The van der Waals surface area contributed by atoms with Gasteiger partial charge in [0.1, 0.15) is 11.6 Å². The van der Waals surface area contributed by atoms with Gasteiger partial charge in [0.25, 0.3) is 5.91 Å². The molecule has 1 saturated heterocycles. The van der Waals surface area contributed by atoms with Crippen molar-refractivity contribution in [1.29, 1.82) is 0 Å². The minimum absolute atomic E-state index is 0.0890. The van der Waals surface area contributed by atoms with Crippen molar-refractivity contribution >= 4 is 5.91 Å². The quantitative estimate of drug-likeness (QED) is 0.825. The van der Waals surface area contributed by atoms with Gasteiger partial charge in [0.05, 0.1) is 12.2 Å². The van der Waals surface area contributed by atoms with Crippen molar-refractivity contribution in [3.05, 3.63) is 47.3 Å². The van der Waals surface area contributed by atoms with Crippen LogP contribution in [0.5, 0.6) is 0 Å². The summed E-state index contributed by atoms with van der Waals surface area (Å²) >= 11 is 0. The first kappa shape index (κ1) is 19.0. The van der Waals surface area contributed by atoms with Gasteiger partial charge >= 0.3 is 0 Å². The van der Waals surface area contributed by atoms with Crippen LogP contribution in [0, 0.1) is 11.6 Å². The number of halogens is 2. The molecule has 2 N–H and O–H groups in total. The summed E-state index contributed by atoms with van der Waals surface area (Å²) < 4.78 is 30.6. The lowest BCUT2D eigenvalue weighted by Gasteiger charge is -2.30. The van der Waals surface area contributed by atoms with Crippen LogP contribution in [0.25, 0.3) is 0 Å². The Bertz CT molecular complexity index is 821. The Balaban J connectivity index is 1.48. The zero-order valence-corrected chi connectivity index (χ0v) is 15.8. The topological polar surface area (TPSA) is 71.8 Å². The third kappa shape index (κ3) is 3.65. The number of carbonyl (C=O) groups is 1. The normalized spacial score (nSPS) is 19.6. The smallest absolute Gasteiger partial charge is 0.273 e. The number of nitrogens with one attached hydrogen (secondary N) is 2. The van der Waals surface area contributed by atoms with Crippen LogP contribution < -0.4 is 10.6 Å². The molecular weight excluding hydrogens is 364 g/mol. The van der Waals surface area contributed by atoms with Gasteiger partial charge in [0, 0.05) is 17.5 Å². The molecule has 2 aromatic rings. The first-order chi connectivity index (χ1) is 13.6. The van der Waals surface area contributed by atoms with Gasteiger partial charge in [-0.1, -0.05) is 24.1 Å². The fraction of sp³-hybridized carbons (Fsp3) is 0.550. The fourth-order valence-electron chi connectivity index (χ4n) is 4.54. The molecule has 1 aliphatic heterocycles. The van der Waals surface area contributed by atoms with Crippen molar-refractivity contribution < 1.29 is 13.6 Å². The van der Waals surface area contributed by atoms with Gasteiger partial charge in [-0.05, 0) is 50.9 Å². The molecule has 2 fully saturated rings. The number of carbonyl (C=O) groups excluding carboxylic acids is 1. The average molecular weight is 389 g/mol. The van der Waals surface area contributed by atoms with E-state index in [1.54, 1.807) is 10.9 Å². The van der Waals surface area contributed by atoms with Gasteiger partial charge in [-0.15, -0.1) is 5.10 Å². The second kappa shape index (κ2) is 7.95. The lowest BCUT2D eigenvalue weighted by Crippen LogP contribution is -2.40. The summed E-state index contributed by atoms with van der Waals surface area (Å²) in [6.45, 7) is 2.02. The number of hydrogen-bond donors (Lipinski definition) is 2. The number of amides is 1. The molecule has 0 bridgehead atoms. The van der Waals surface area contributed by atoms with E-state index in [2.05, 4.69) is 20.9 Å². The first-order valence-corrected chi connectivity index (χ1v) is 9.94. The third-order valence-corrected chi connectivity index (χ3v) is 6.07. The molecule has 1 aromatic carbocycles. The Kier molecular flexibility index (Phi) is 5.39. The van der Waals surface area contributed by atoms with Crippen molar-refractivity contribution in [2.24, 2.45) is 0 Å². The molecule has 1 aromatic heterocycles. The monoisotopic (exact) mass is 389 g/mol. The summed E-state index contributed by atoms with van der Waals surface area (Å²) in [5, 5.41) is 14.2. The SMILES string of the molecule is O=C(NCC1(c2c(F)cccc2F)CCCC1)c1cn(C2CCNCC2)nn1. The molecule has 2 aliphatic rings. The number of nitrogens with zero attached hydrogens (tertiary/aromatic N) is 3. The van der Waals surface area contributed by atoms with Crippen molar-refractivity contribution in [2.45, 2.75) is 50.0 Å². The highest BCUT2D eigenvalue weighted by atomic mass is 19.1. The second-order valence-electron chi connectivity index (χ2n) is 7.83. The first-order valence-electron chi connectivity index (χ1n) is 9.94. The van der Waals surface area contributed by atoms with Crippen molar-refractivity contribution in [3.8, 4) is 0 Å². The molecule has 2 heterocycles. The van der Waals surface area contributed by atoms with Crippen LogP contribution in [-0.2, 0) is 5.41 Å². The molecule has 0 atom stereocenters. The largest absolute Gasteiger partial charge is 0.350 e. The van der Waals surface area contributed by atoms with Crippen LogP contribution in [0.4, 0.5) is 8.78 Å². The highest BCUT2D eigenvalue weighted by molar-refractivity contribution is 5.91. The van der Waals surface area contributed by atoms with Gasteiger partial charge in [0.15, 0.2) is 5.69 Å². The summed E-state index contributed by atoms with van der Waals surface area (Å²) in [4.78, 5) is 12.6. The van der Waals surface area contributed by atoms with Gasteiger partial charge in [-0.3, -0.25) is 4.79 Å². The van der Waals surface area contributed by atoms with E-state index in [1.807, 2.05) is 0 Å². The van der Waals surface area contributed by atoms with Gasteiger partial charge < -0.3 is 10.6 Å². The third-order valence-electron chi connectivity index (χ3n) is 6.07. The van der Waals surface area contributed by atoms with E-state index < -0.39 is 17.0 Å². The van der Waals surface area contributed by atoms with E-state index in [-0.39, 0.29) is 29.8 Å². The van der Waals surface area contributed by atoms with Crippen LogP contribution in [0.1, 0.15) is 60.6 Å². The second-order valence-corrected chi connectivity index (χ2v) is 7.83. The number of piperidine rings is 1. The molecular formula is C20H25F2N5O. The summed E-state index contributed by atoms with van der Waals surface area (Å²) in [6.07, 6.45) is 6.61. The highest BCUT2D eigenvalue weighted by Gasteiger charge is 2.40. The van der Waals surface area contributed by atoms with Crippen molar-refractivity contribution in [1.82, 2.24) is 25.6 Å².